The summed E-state index contributed by atoms with van der Waals surface area (Å²) in [6, 6.07) is 16.3. The number of aliphatic hydroxyl groups is 1. The molecule has 2 aliphatic rings. The molecule has 0 unspecified atom stereocenters. The predicted molar refractivity (Wildman–Crippen MR) is 122 cm³/mol. The van der Waals surface area contributed by atoms with Gasteiger partial charge >= 0.3 is 0 Å². The zero-order valence-electron chi connectivity index (χ0n) is 17.8. The van der Waals surface area contributed by atoms with Crippen molar-refractivity contribution >= 4 is 28.2 Å². The fourth-order valence-electron chi connectivity index (χ4n) is 4.99. The van der Waals surface area contributed by atoms with Crippen molar-refractivity contribution in [2.24, 2.45) is 5.92 Å². The van der Waals surface area contributed by atoms with E-state index in [9.17, 15) is 9.90 Å². The van der Waals surface area contributed by atoms with Crippen LogP contribution in [0.15, 0.2) is 54.7 Å². The quantitative estimate of drug-likeness (QED) is 0.647. The van der Waals surface area contributed by atoms with Crippen LogP contribution in [0.25, 0.3) is 10.9 Å². The Balaban J connectivity index is 1.24. The van der Waals surface area contributed by atoms with E-state index in [4.69, 9.17) is 0 Å². The number of rotatable bonds is 5. The highest BCUT2D eigenvalue weighted by molar-refractivity contribution is 5.83. The largest absolute Gasteiger partial charge is 0.388 e. The summed E-state index contributed by atoms with van der Waals surface area (Å²) in [7, 11) is 0. The topological polar surface area (TPSA) is 70.4 Å². The minimum Gasteiger partial charge on any atom is -0.388 e. The molecule has 6 nitrogen and oxygen atoms in total. The molecule has 31 heavy (non-hydrogen) atoms. The lowest BCUT2D eigenvalue weighted by Crippen LogP contribution is -2.49. The van der Waals surface area contributed by atoms with Crippen molar-refractivity contribution in [3.05, 3.63) is 54.7 Å². The second-order valence-electron chi connectivity index (χ2n) is 9.10. The SMILES string of the molecule is O=C(C1CCCC1)N1CCC(O)(Cn2ncc3cc(Nc4ccccc4)ccc32)CC1. The molecule has 0 spiro atoms. The number of fused-ring (bicyclic) bond motifs is 1. The summed E-state index contributed by atoms with van der Waals surface area (Å²) in [4.78, 5) is 14.7. The van der Waals surface area contributed by atoms with Crippen LogP contribution >= 0.6 is 0 Å². The molecule has 2 heterocycles. The lowest BCUT2D eigenvalue weighted by Gasteiger charge is -2.39. The number of carbonyl (C=O) groups excluding carboxylic acids is 1. The van der Waals surface area contributed by atoms with Crippen molar-refractivity contribution in [2.45, 2.75) is 50.7 Å². The Bertz CT molecular complexity index is 1050. The monoisotopic (exact) mass is 418 g/mol. The molecule has 2 aromatic carbocycles. The number of carbonyl (C=O) groups is 1. The van der Waals surface area contributed by atoms with Gasteiger partial charge in [0.05, 0.1) is 23.9 Å². The van der Waals surface area contributed by atoms with E-state index in [1.165, 1.54) is 12.8 Å². The third-order valence-electron chi connectivity index (χ3n) is 6.86. The summed E-state index contributed by atoms with van der Waals surface area (Å²) in [6.45, 7) is 1.72. The fraction of sp³-hybridized carbons (Fsp3) is 0.440. The minimum atomic E-state index is -0.827. The number of aromatic nitrogens is 2. The molecule has 2 fully saturated rings. The van der Waals surface area contributed by atoms with E-state index in [-0.39, 0.29) is 5.92 Å². The minimum absolute atomic E-state index is 0.208. The summed E-state index contributed by atoms with van der Waals surface area (Å²) < 4.78 is 1.90. The maximum Gasteiger partial charge on any atom is 0.225 e. The van der Waals surface area contributed by atoms with Gasteiger partial charge in [0.1, 0.15) is 0 Å². The van der Waals surface area contributed by atoms with Crippen molar-refractivity contribution in [1.29, 1.82) is 0 Å². The second kappa shape index (κ2) is 8.35. The van der Waals surface area contributed by atoms with Gasteiger partial charge in [0, 0.05) is 35.8 Å². The molecule has 1 saturated carbocycles. The maximum atomic E-state index is 12.7. The number of anilines is 2. The highest BCUT2D eigenvalue weighted by Gasteiger charge is 2.37. The van der Waals surface area contributed by atoms with Crippen molar-refractivity contribution < 1.29 is 9.90 Å². The van der Waals surface area contributed by atoms with Gasteiger partial charge in [0.2, 0.25) is 5.91 Å². The average molecular weight is 419 g/mol. The van der Waals surface area contributed by atoms with Crippen LogP contribution in [0.2, 0.25) is 0 Å². The number of amides is 1. The Hall–Kier alpha value is -2.86. The van der Waals surface area contributed by atoms with Crippen LogP contribution < -0.4 is 5.32 Å². The Morgan fingerprint density at radius 1 is 1.06 bits per heavy atom. The molecule has 6 heteroatoms. The first-order valence-electron chi connectivity index (χ1n) is 11.4. The van der Waals surface area contributed by atoms with E-state index >= 15 is 0 Å². The van der Waals surface area contributed by atoms with Gasteiger partial charge in [0.15, 0.2) is 0 Å². The van der Waals surface area contributed by atoms with Gasteiger partial charge in [-0.15, -0.1) is 0 Å². The van der Waals surface area contributed by atoms with E-state index < -0.39 is 5.60 Å². The molecule has 1 amide bonds. The number of piperidine rings is 1. The zero-order chi connectivity index (χ0) is 21.3. The van der Waals surface area contributed by atoms with Gasteiger partial charge in [-0.2, -0.15) is 5.10 Å². The number of nitrogens with one attached hydrogen (secondary N) is 1. The Kier molecular flexibility index (Phi) is 5.40. The van der Waals surface area contributed by atoms with Crippen LogP contribution in [0.3, 0.4) is 0 Å². The third-order valence-corrected chi connectivity index (χ3v) is 6.86. The number of benzene rings is 2. The van der Waals surface area contributed by atoms with Gasteiger partial charge in [-0.1, -0.05) is 31.0 Å². The Morgan fingerprint density at radius 3 is 2.55 bits per heavy atom. The summed E-state index contributed by atoms with van der Waals surface area (Å²) in [5.74, 6) is 0.502. The van der Waals surface area contributed by atoms with Gasteiger partial charge in [0.25, 0.3) is 0 Å². The molecule has 1 aromatic heterocycles. The van der Waals surface area contributed by atoms with Gasteiger partial charge < -0.3 is 15.3 Å². The predicted octanol–water partition coefficient (Wildman–Crippen LogP) is 4.32. The first-order valence-corrected chi connectivity index (χ1v) is 11.4. The first-order chi connectivity index (χ1) is 15.1. The zero-order valence-corrected chi connectivity index (χ0v) is 17.8. The van der Waals surface area contributed by atoms with Crippen molar-refractivity contribution in [2.75, 3.05) is 18.4 Å². The molecule has 0 bridgehead atoms. The van der Waals surface area contributed by atoms with E-state index in [2.05, 4.69) is 22.5 Å². The van der Waals surface area contributed by atoms with Crippen molar-refractivity contribution in [3.63, 3.8) is 0 Å². The molecule has 0 radical (unpaired) electrons. The number of para-hydroxylation sites is 1. The van der Waals surface area contributed by atoms with Crippen LogP contribution in [-0.4, -0.2) is 44.4 Å². The Labute approximate surface area is 182 Å². The van der Waals surface area contributed by atoms with E-state index in [1.54, 1.807) is 0 Å². The summed E-state index contributed by atoms with van der Waals surface area (Å²) in [5, 5.41) is 20.2. The van der Waals surface area contributed by atoms with Crippen LogP contribution in [0.4, 0.5) is 11.4 Å². The molecule has 2 N–H and O–H groups in total. The molecule has 1 aliphatic heterocycles. The summed E-state index contributed by atoms with van der Waals surface area (Å²) in [6.07, 6.45) is 7.45. The number of likely N-dealkylation sites (tertiary alicyclic amines) is 1. The second-order valence-corrected chi connectivity index (χ2v) is 9.10. The average Bonchev–Trinajstić information content (AvgIpc) is 3.45. The molecular weight excluding hydrogens is 388 g/mol. The third kappa shape index (κ3) is 4.30. The number of hydrogen-bond acceptors (Lipinski definition) is 4. The maximum absolute atomic E-state index is 12.7. The van der Waals surface area contributed by atoms with Crippen LogP contribution in [0, 0.1) is 5.92 Å². The lowest BCUT2D eigenvalue weighted by atomic mass is 9.90. The standard InChI is InChI=1S/C25H30N4O2/c30-24(19-6-4-5-7-19)28-14-12-25(31,13-15-28)18-29-23-11-10-22(16-20(23)17-26-29)27-21-8-2-1-3-9-21/h1-3,8-11,16-17,19,27,31H,4-7,12-15,18H2. The summed E-state index contributed by atoms with van der Waals surface area (Å²) >= 11 is 0. The molecule has 1 aliphatic carbocycles. The molecule has 5 rings (SSSR count). The van der Waals surface area contributed by atoms with Crippen molar-refractivity contribution in [3.8, 4) is 0 Å². The van der Waals surface area contributed by atoms with Gasteiger partial charge in [-0.25, -0.2) is 0 Å². The van der Waals surface area contributed by atoms with Gasteiger partial charge in [-0.3, -0.25) is 9.48 Å². The summed E-state index contributed by atoms with van der Waals surface area (Å²) in [5.41, 5.74) is 2.24. The Morgan fingerprint density at radius 2 is 1.81 bits per heavy atom. The van der Waals surface area contributed by atoms with Crippen LogP contribution in [0.5, 0.6) is 0 Å². The smallest absolute Gasteiger partial charge is 0.225 e. The highest BCUT2D eigenvalue weighted by atomic mass is 16.3. The normalized spacial score (nSPS) is 19.1. The molecule has 1 saturated heterocycles. The highest BCUT2D eigenvalue weighted by Crippen LogP contribution is 2.31. The first kappa shape index (κ1) is 20.1. The van der Waals surface area contributed by atoms with E-state index in [0.29, 0.717) is 38.4 Å². The fourth-order valence-corrected chi connectivity index (χ4v) is 4.99. The number of hydrogen-bond donors (Lipinski definition) is 2. The van der Waals surface area contributed by atoms with E-state index in [1.807, 2.05) is 52.2 Å². The van der Waals surface area contributed by atoms with E-state index in [0.717, 1.165) is 35.1 Å². The van der Waals surface area contributed by atoms with Crippen LogP contribution in [-0.2, 0) is 11.3 Å². The lowest BCUT2D eigenvalue weighted by molar-refractivity contribution is -0.140. The molecule has 162 valence electrons. The van der Waals surface area contributed by atoms with Crippen LogP contribution in [0.1, 0.15) is 38.5 Å². The molecule has 3 aromatic rings. The molecular formula is C25H30N4O2. The van der Waals surface area contributed by atoms with Crippen molar-refractivity contribution in [1.82, 2.24) is 14.7 Å². The number of nitrogens with zero attached hydrogens (tertiary/aromatic N) is 3. The molecule has 0 atom stereocenters. The van der Waals surface area contributed by atoms with Gasteiger partial charge in [-0.05, 0) is 56.0 Å².